The van der Waals surface area contributed by atoms with Gasteiger partial charge in [-0.25, -0.2) is 0 Å². The van der Waals surface area contributed by atoms with Crippen molar-refractivity contribution < 1.29 is 14.1 Å². The molecule has 0 aliphatic carbocycles. The molecule has 0 spiro atoms. The minimum atomic E-state index is -0.0465. The molecule has 1 aromatic heterocycles. The lowest BCUT2D eigenvalue weighted by molar-refractivity contribution is 0.0773. The summed E-state index contributed by atoms with van der Waals surface area (Å²) in [6.07, 6.45) is 0. The fraction of sp³-hybridized carbons (Fsp3) is 0.250. The van der Waals surface area contributed by atoms with E-state index in [1.54, 1.807) is 18.1 Å². The zero-order chi connectivity index (χ0) is 18.5. The Bertz CT molecular complexity index is 883. The normalized spacial score (nSPS) is 10.6. The molecule has 26 heavy (non-hydrogen) atoms. The molecule has 0 saturated heterocycles. The van der Waals surface area contributed by atoms with Gasteiger partial charge in [-0.05, 0) is 50.2 Å². The predicted molar refractivity (Wildman–Crippen MR) is 99.0 cm³/mol. The van der Waals surface area contributed by atoms with Crippen LogP contribution in [0.1, 0.15) is 24.2 Å². The van der Waals surface area contributed by atoms with Crippen LogP contribution < -0.4 is 4.74 Å². The topological polar surface area (TPSA) is 68.5 Å². The van der Waals surface area contributed by atoms with E-state index in [0.717, 1.165) is 11.3 Å². The van der Waals surface area contributed by atoms with E-state index >= 15 is 0 Å². The Morgan fingerprint density at radius 3 is 2.42 bits per heavy atom. The first-order valence-electron chi connectivity index (χ1n) is 8.54. The average molecular weight is 351 g/mol. The number of benzene rings is 2. The van der Waals surface area contributed by atoms with Crippen LogP contribution in [0.25, 0.3) is 22.8 Å². The molecule has 0 saturated carbocycles. The van der Waals surface area contributed by atoms with Gasteiger partial charge < -0.3 is 14.2 Å². The highest BCUT2D eigenvalue weighted by Gasteiger charge is 2.20. The van der Waals surface area contributed by atoms with Crippen LogP contribution >= 0.6 is 0 Å². The van der Waals surface area contributed by atoms with E-state index in [4.69, 9.17) is 9.26 Å². The maximum atomic E-state index is 12.8. The highest BCUT2D eigenvalue weighted by molar-refractivity contribution is 6.00. The molecule has 0 fully saturated rings. The summed E-state index contributed by atoms with van der Waals surface area (Å²) in [6.45, 7) is 5.20. The van der Waals surface area contributed by atoms with Crippen LogP contribution in [0.5, 0.6) is 5.75 Å². The minimum absolute atomic E-state index is 0.0465. The Kier molecular flexibility index (Phi) is 5.31. The van der Waals surface area contributed by atoms with Gasteiger partial charge in [-0.15, -0.1) is 0 Å². The van der Waals surface area contributed by atoms with Crippen LogP contribution in [0.4, 0.5) is 0 Å². The highest BCUT2D eigenvalue weighted by Crippen LogP contribution is 2.27. The maximum Gasteiger partial charge on any atom is 0.259 e. The highest BCUT2D eigenvalue weighted by atomic mass is 16.5. The summed E-state index contributed by atoms with van der Waals surface area (Å²) in [5.41, 5.74) is 2.01. The van der Waals surface area contributed by atoms with E-state index in [0.29, 0.717) is 35.9 Å². The summed E-state index contributed by atoms with van der Waals surface area (Å²) in [6, 6.07) is 14.7. The van der Waals surface area contributed by atoms with Crippen molar-refractivity contribution in [1.29, 1.82) is 0 Å². The van der Waals surface area contributed by atoms with Gasteiger partial charge in [-0.3, -0.25) is 4.79 Å². The van der Waals surface area contributed by atoms with Crippen LogP contribution in [0, 0.1) is 0 Å². The van der Waals surface area contributed by atoms with Crippen molar-refractivity contribution in [3.63, 3.8) is 0 Å². The van der Waals surface area contributed by atoms with Gasteiger partial charge in [-0.1, -0.05) is 17.3 Å². The van der Waals surface area contributed by atoms with Crippen LogP contribution in [0.15, 0.2) is 53.1 Å². The number of ether oxygens (including phenoxy) is 1. The van der Waals surface area contributed by atoms with Gasteiger partial charge in [0.1, 0.15) is 5.75 Å². The zero-order valence-corrected chi connectivity index (χ0v) is 15.1. The van der Waals surface area contributed by atoms with Crippen LogP contribution in [0.2, 0.25) is 0 Å². The number of hydrogen-bond donors (Lipinski definition) is 0. The van der Waals surface area contributed by atoms with Crippen molar-refractivity contribution >= 4 is 5.91 Å². The van der Waals surface area contributed by atoms with Crippen LogP contribution in [-0.4, -0.2) is 41.1 Å². The first-order chi connectivity index (χ1) is 12.7. The number of methoxy groups -OCH3 is 1. The third-order valence-corrected chi connectivity index (χ3v) is 4.21. The first kappa shape index (κ1) is 17.7. The third-order valence-electron chi connectivity index (χ3n) is 4.21. The molecule has 0 radical (unpaired) electrons. The zero-order valence-electron chi connectivity index (χ0n) is 15.1. The van der Waals surface area contributed by atoms with Crippen molar-refractivity contribution in [2.24, 2.45) is 0 Å². The van der Waals surface area contributed by atoms with Crippen molar-refractivity contribution in [3.05, 3.63) is 54.1 Å². The smallest absolute Gasteiger partial charge is 0.259 e. The molecule has 0 N–H and O–H groups in total. The molecule has 3 aromatic rings. The monoisotopic (exact) mass is 351 g/mol. The molecule has 1 heterocycles. The minimum Gasteiger partial charge on any atom is -0.497 e. The molecule has 0 aliphatic rings. The predicted octanol–water partition coefficient (Wildman–Crippen LogP) is 3.89. The second kappa shape index (κ2) is 7.82. The van der Waals surface area contributed by atoms with E-state index in [1.807, 2.05) is 56.3 Å². The number of carbonyl (C=O) groups excluding carboxylic acids is 1. The second-order valence-corrected chi connectivity index (χ2v) is 5.67. The fourth-order valence-electron chi connectivity index (χ4n) is 2.73. The summed E-state index contributed by atoms with van der Waals surface area (Å²) in [7, 11) is 1.62. The van der Waals surface area contributed by atoms with E-state index in [2.05, 4.69) is 10.1 Å². The molecule has 0 bridgehead atoms. The lowest BCUT2D eigenvalue weighted by Gasteiger charge is -2.19. The Labute approximate surface area is 152 Å². The Morgan fingerprint density at radius 2 is 1.77 bits per heavy atom. The maximum absolute atomic E-state index is 12.8. The van der Waals surface area contributed by atoms with Crippen molar-refractivity contribution in [2.45, 2.75) is 13.8 Å². The van der Waals surface area contributed by atoms with E-state index in [-0.39, 0.29) is 5.91 Å². The summed E-state index contributed by atoms with van der Waals surface area (Å²) >= 11 is 0. The fourth-order valence-corrected chi connectivity index (χ4v) is 2.73. The summed E-state index contributed by atoms with van der Waals surface area (Å²) in [4.78, 5) is 19.0. The molecule has 3 rings (SSSR count). The number of aromatic nitrogens is 2. The van der Waals surface area contributed by atoms with Crippen molar-refractivity contribution in [2.75, 3.05) is 20.2 Å². The number of carbonyl (C=O) groups is 1. The molecule has 134 valence electrons. The number of amides is 1. The molecule has 2 aromatic carbocycles. The molecule has 0 unspecified atom stereocenters. The Morgan fingerprint density at radius 1 is 1.08 bits per heavy atom. The van der Waals surface area contributed by atoms with Gasteiger partial charge in [-0.2, -0.15) is 4.98 Å². The SMILES string of the molecule is CCN(CC)C(=O)c1ccccc1-c1nc(-c2ccc(OC)cc2)no1. The largest absolute Gasteiger partial charge is 0.497 e. The molecule has 6 nitrogen and oxygen atoms in total. The summed E-state index contributed by atoms with van der Waals surface area (Å²) in [5.74, 6) is 1.50. The summed E-state index contributed by atoms with van der Waals surface area (Å²) in [5, 5.41) is 4.05. The molecule has 6 heteroatoms. The van der Waals surface area contributed by atoms with Crippen LogP contribution in [0.3, 0.4) is 0 Å². The Hall–Kier alpha value is -3.15. The molecular weight excluding hydrogens is 330 g/mol. The first-order valence-corrected chi connectivity index (χ1v) is 8.54. The lowest BCUT2D eigenvalue weighted by atomic mass is 10.1. The van der Waals surface area contributed by atoms with Crippen molar-refractivity contribution in [1.82, 2.24) is 15.0 Å². The van der Waals surface area contributed by atoms with E-state index in [1.165, 1.54) is 0 Å². The number of nitrogens with zero attached hydrogens (tertiary/aromatic N) is 3. The van der Waals surface area contributed by atoms with Gasteiger partial charge in [0.05, 0.1) is 18.2 Å². The van der Waals surface area contributed by atoms with Gasteiger partial charge in [0.15, 0.2) is 0 Å². The van der Waals surface area contributed by atoms with Gasteiger partial charge in [0.25, 0.3) is 11.8 Å². The summed E-state index contributed by atoms with van der Waals surface area (Å²) < 4.78 is 10.6. The quantitative estimate of drug-likeness (QED) is 0.674. The van der Waals surface area contributed by atoms with E-state index < -0.39 is 0 Å². The average Bonchev–Trinajstić information content (AvgIpc) is 3.19. The molecular formula is C20H21N3O3. The number of rotatable bonds is 6. The van der Waals surface area contributed by atoms with Gasteiger partial charge >= 0.3 is 0 Å². The van der Waals surface area contributed by atoms with Gasteiger partial charge in [0, 0.05) is 18.7 Å². The van der Waals surface area contributed by atoms with E-state index in [9.17, 15) is 4.79 Å². The molecule has 1 amide bonds. The van der Waals surface area contributed by atoms with Gasteiger partial charge in [0.2, 0.25) is 5.82 Å². The standard InChI is InChI=1S/C20H21N3O3/c1-4-23(5-2)20(24)17-9-7-6-8-16(17)19-21-18(22-26-19)14-10-12-15(25-3)13-11-14/h6-13H,4-5H2,1-3H3. The lowest BCUT2D eigenvalue weighted by Crippen LogP contribution is -2.30. The van der Waals surface area contributed by atoms with Crippen LogP contribution in [-0.2, 0) is 0 Å². The Balaban J connectivity index is 1.95. The number of hydrogen-bond acceptors (Lipinski definition) is 5. The molecule has 0 aliphatic heterocycles. The second-order valence-electron chi connectivity index (χ2n) is 5.67. The van der Waals surface area contributed by atoms with Crippen molar-refractivity contribution in [3.8, 4) is 28.6 Å². The third kappa shape index (κ3) is 3.44. The molecule has 0 atom stereocenters.